The smallest absolute Gasteiger partial charge is 0.123 e. The zero-order valence-electron chi connectivity index (χ0n) is 9.29. The van der Waals surface area contributed by atoms with Gasteiger partial charge >= 0.3 is 0 Å². The van der Waals surface area contributed by atoms with Gasteiger partial charge in [-0.05, 0) is 25.2 Å². The molecule has 0 bridgehead atoms. The van der Waals surface area contributed by atoms with Gasteiger partial charge in [0, 0.05) is 12.1 Å². The SMILES string of the molecule is COc1ccc(OC)c(CN(C)CCl)c1. The molecule has 0 fully saturated rings. The van der Waals surface area contributed by atoms with Crippen molar-refractivity contribution in [2.75, 3.05) is 27.3 Å². The first-order chi connectivity index (χ1) is 7.21. The zero-order chi connectivity index (χ0) is 11.3. The summed E-state index contributed by atoms with van der Waals surface area (Å²) < 4.78 is 10.4. The monoisotopic (exact) mass is 229 g/mol. The van der Waals surface area contributed by atoms with E-state index in [9.17, 15) is 0 Å². The van der Waals surface area contributed by atoms with Crippen molar-refractivity contribution in [1.29, 1.82) is 0 Å². The maximum Gasteiger partial charge on any atom is 0.123 e. The Morgan fingerprint density at radius 1 is 1.27 bits per heavy atom. The Morgan fingerprint density at radius 2 is 2.00 bits per heavy atom. The number of hydrogen-bond acceptors (Lipinski definition) is 3. The maximum absolute atomic E-state index is 5.72. The molecule has 0 aliphatic rings. The molecule has 0 spiro atoms. The molecule has 0 N–H and O–H groups in total. The Morgan fingerprint density at radius 3 is 2.53 bits per heavy atom. The van der Waals surface area contributed by atoms with Crippen molar-refractivity contribution in [2.45, 2.75) is 6.54 Å². The van der Waals surface area contributed by atoms with Crippen LogP contribution in [0, 0.1) is 0 Å². The molecule has 4 heteroatoms. The van der Waals surface area contributed by atoms with E-state index in [1.165, 1.54) is 0 Å². The van der Waals surface area contributed by atoms with Crippen molar-refractivity contribution < 1.29 is 9.47 Å². The number of hydrogen-bond donors (Lipinski definition) is 0. The minimum Gasteiger partial charge on any atom is -0.497 e. The molecule has 0 amide bonds. The fourth-order valence-electron chi connectivity index (χ4n) is 1.34. The van der Waals surface area contributed by atoms with Gasteiger partial charge in [-0.2, -0.15) is 0 Å². The fourth-order valence-corrected chi connectivity index (χ4v) is 1.42. The summed E-state index contributed by atoms with van der Waals surface area (Å²) in [4.78, 5) is 1.98. The van der Waals surface area contributed by atoms with E-state index in [1.807, 2.05) is 30.1 Å². The first-order valence-corrected chi connectivity index (χ1v) is 5.20. The number of nitrogens with zero attached hydrogens (tertiary/aromatic N) is 1. The van der Waals surface area contributed by atoms with E-state index in [2.05, 4.69) is 0 Å². The molecule has 0 heterocycles. The molecule has 0 saturated carbocycles. The molecule has 1 rings (SSSR count). The third kappa shape index (κ3) is 3.29. The summed E-state index contributed by atoms with van der Waals surface area (Å²) >= 11 is 5.72. The molecule has 0 unspecified atom stereocenters. The highest BCUT2D eigenvalue weighted by Crippen LogP contribution is 2.24. The van der Waals surface area contributed by atoms with Gasteiger partial charge in [0.25, 0.3) is 0 Å². The lowest BCUT2D eigenvalue weighted by Crippen LogP contribution is -2.15. The zero-order valence-corrected chi connectivity index (χ0v) is 10.0. The van der Waals surface area contributed by atoms with Gasteiger partial charge in [-0.25, -0.2) is 0 Å². The number of ether oxygens (including phenoxy) is 2. The van der Waals surface area contributed by atoms with Gasteiger partial charge in [-0.15, -0.1) is 11.6 Å². The quantitative estimate of drug-likeness (QED) is 0.572. The van der Waals surface area contributed by atoms with Gasteiger partial charge in [0.2, 0.25) is 0 Å². The van der Waals surface area contributed by atoms with Crippen molar-refractivity contribution in [3.8, 4) is 11.5 Å². The summed E-state index contributed by atoms with van der Waals surface area (Å²) in [5, 5.41) is 0. The minimum atomic E-state index is 0.486. The van der Waals surface area contributed by atoms with E-state index < -0.39 is 0 Å². The van der Waals surface area contributed by atoms with Gasteiger partial charge in [-0.1, -0.05) is 0 Å². The van der Waals surface area contributed by atoms with Gasteiger partial charge in [-0.3, -0.25) is 4.90 Å². The Bertz CT molecular complexity index is 317. The molecular weight excluding hydrogens is 214 g/mol. The van der Waals surface area contributed by atoms with Crippen LogP contribution in [0.4, 0.5) is 0 Å². The van der Waals surface area contributed by atoms with Gasteiger partial charge < -0.3 is 9.47 Å². The van der Waals surface area contributed by atoms with Crippen LogP contribution in [0.5, 0.6) is 11.5 Å². The first kappa shape index (κ1) is 12.1. The fraction of sp³-hybridized carbons (Fsp3) is 0.455. The topological polar surface area (TPSA) is 21.7 Å². The van der Waals surface area contributed by atoms with Crippen LogP contribution < -0.4 is 9.47 Å². The Hall–Kier alpha value is -0.930. The van der Waals surface area contributed by atoms with Crippen LogP contribution in [0.2, 0.25) is 0 Å². The third-order valence-corrected chi connectivity index (χ3v) is 2.54. The van der Waals surface area contributed by atoms with Crippen molar-refractivity contribution in [3.05, 3.63) is 23.8 Å². The molecular formula is C11H16ClNO2. The average molecular weight is 230 g/mol. The molecule has 0 saturated heterocycles. The van der Waals surface area contributed by atoms with E-state index >= 15 is 0 Å². The third-order valence-electron chi connectivity index (χ3n) is 2.13. The molecule has 0 radical (unpaired) electrons. The summed E-state index contributed by atoms with van der Waals surface area (Å²) in [5.41, 5.74) is 1.07. The highest BCUT2D eigenvalue weighted by atomic mass is 35.5. The Kier molecular flexibility index (Phi) is 4.72. The number of methoxy groups -OCH3 is 2. The van der Waals surface area contributed by atoms with Crippen molar-refractivity contribution in [2.24, 2.45) is 0 Å². The first-order valence-electron chi connectivity index (χ1n) is 4.66. The highest BCUT2D eigenvalue weighted by molar-refractivity contribution is 6.17. The number of rotatable bonds is 5. The van der Waals surface area contributed by atoms with Crippen molar-refractivity contribution >= 4 is 11.6 Å². The highest BCUT2D eigenvalue weighted by Gasteiger charge is 2.07. The van der Waals surface area contributed by atoms with Gasteiger partial charge in [0.15, 0.2) is 0 Å². The number of alkyl halides is 1. The predicted octanol–water partition coefficient (Wildman–Crippen LogP) is 2.33. The maximum atomic E-state index is 5.72. The Labute approximate surface area is 95.5 Å². The van der Waals surface area contributed by atoms with Crippen LogP contribution in [-0.2, 0) is 6.54 Å². The molecule has 1 aromatic rings. The lowest BCUT2D eigenvalue weighted by molar-refractivity contribution is 0.356. The van der Waals surface area contributed by atoms with Crippen LogP contribution in [0.1, 0.15) is 5.56 Å². The summed E-state index contributed by atoms with van der Waals surface area (Å²) in [6.45, 7) is 0.740. The predicted molar refractivity (Wildman–Crippen MR) is 61.7 cm³/mol. The van der Waals surface area contributed by atoms with Gasteiger partial charge in [0.05, 0.1) is 20.2 Å². The molecule has 3 nitrogen and oxygen atoms in total. The molecule has 0 aliphatic carbocycles. The summed E-state index contributed by atoms with van der Waals surface area (Å²) in [6.07, 6.45) is 0. The number of halogens is 1. The molecule has 0 atom stereocenters. The van der Waals surface area contributed by atoms with E-state index in [4.69, 9.17) is 21.1 Å². The average Bonchev–Trinajstić information content (AvgIpc) is 2.28. The summed E-state index contributed by atoms with van der Waals surface area (Å²) in [5.74, 6) is 1.68. The van der Waals surface area contributed by atoms with Gasteiger partial charge in [0.1, 0.15) is 11.5 Å². The summed E-state index contributed by atoms with van der Waals surface area (Å²) in [7, 11) is 5.26. The van der Waals surface area contributed by atoms with Crippen LogP contribution >= 0.6 is 11.6 Å². The second kappa shape index (κ2) is 5.83. The number of benzene rings is 1. The van der Waals surface area contributed by atoms with Crippen LogP contribution in [0.15, 0.2) is 18.2 Å². The lowest BCUT2D eigenvalue weighted by Gasteiger charge is -2.16. The normalized spacial score (nSPS) is 10.5. The van der Waals surface area contributed by atoms with Crippen LogP contribution in [0.3, 0.4) is 0 Å². The second-order valence-electron chi connectivity index (χ2n) is 3.31. The van der Waals surface area contributed by atoms with Crippen LogP contribution in [-0.4, -0.2) is 32.2 Å². The van der Waals surface area contributed by atoms with E-state index in [-0.39, 0.29) is 0 Å². The van der Waals surface area contributed by atoms with E-state index in [0.717, 1.165) is 23.6 Å². The van der Waals surface area contributed by atoms with E-state index in [1.54, 1.807) is 14.2 Å². The van der Waals surface area contributed by atoms with Crippen molar-refractivity contribution in [1.82, 2.24) is 4.90 Å². The molecule has 15 heavy (non-hydrogen) atoms. The standard InChI is InChI=1S/C11H16ClNO2/c1-13(8-12)7-9-6-10(14-2)4-5-11(9)15-3/h4-6H,7-8H2,1-3H3. The molecule has 0 aliphatic heterocycles. The summed E-state index contributed by atoms with van der Waals surface area (Å²) in [6, 6.07) is 6.22. The molecule has 84 valence electrons. The molecule has 1 aromatic carbocycles. The van der Waals surface area contributed by atoms with Crippen LogP contribution in [0.25, 0.3) is 0 Å². The minimum absolute atomic E-state index is 0.486. The molecule has 0 aromatic heterocycles. The Balaban J connectivity index is 2.90. The largest absolute Gasteiger partial charge is 0.497 e. The van der Waals surface area contributed by atoms with Crippen molar-refractivity contribution in [3.63, 3.8) is 0 Å². The lowest BCUT2D eigenvalue weighted by atomic mass is 10.2. The van der Waals surface area contributed by atoms with E-state index in [0.29, 0.717) is 6.00 Å². The second-order valence-corrected chi connectivity index (χ2v) is 3.55.